The van der Waals surface area contributed by atoms with E-state index in [0.29, 0.717) is 11.4 Å². The molecule has 0 bridgehead atoms. The molecule has 1 heterocycles. The Labute approximate surface area is 148 Å². The van der Waals surface area contributed by atoms with Crippen molar-refractivity contribution in [3.63, 3.8) is 0 Å². The third-order valence-electron chi connectivity index (χ3n) is 4.65. The second-order valence-electron chi connectivity index (χ2n) is 6.38. The van der Waals surface area contributed by atoms with Crippen LogP contribution in [0, 0.1) is 0 Å². The predicted molar refractivity (Wildman–Crippen MR) is 98.2 cm³/mol. The van der Waals surface area contributed by atoms with Crippen molar-refractivity contribution in [3.05, 3.63) is 70.7 Å². The first-order valence-electron chi connectivity index (χ1n) is 8.46. The van der Waals surface area contributed by atoms with Crippen molar-refractivity contribution >= 4 is 17.5 Å². The average Bonchev–Trinajstić information content (AvgIpc) is 2.62. The van der Waals surface area contributed by atoms with Gasteiger partial charge in [0.25, 0.3) is 0 Å². The molecule has 0 saturated carbocycles. The summed E-state index contributed by atoms with van der Waals surface area (Å²) in [4.78, 5) is 14.9. The van der Waals surface area contributed by atoms with Crippen LogP contribution in [0.4, 0.5) is 0 Å². The first-order valence-corrected chi connectivity index (χ1v) is 8.83. The zero-order valence-electron chi connectivity index (χ0n) is 13.9. The second kappa shape index (κ2) is 7.82. The summed E-state index contributed by atoms with van der Waals surface area (Å²) >= 11 is 6.13. The van der Waals surface area contributed by atoms with Crippen LogP contribution in [0.15, 0.2) is 54.6 Å². The fourth-order valence-corrected chi connectivity index (χ4v) is 3.49. The maximum atomic E-state index is 12.9. The van der Waals surface area contributed by atoms with Gasteiger partial charge < -0.3 is 10.2 Å². The highest BCUT2D eigenvalue weighted by molar-refractivity contribution is 6.30. The third kappa shape index (κ3) is 3.97. The minimum absolute atomic E-state index is 0.0490. The van der Waals surface area contributed by atoms with Gasteiger partial charge in [0.05, 0.1) is 6.04 Å². The van der Waals surface area contributed by atoms with E-state index in [1.807, 2.05) is 47.4 Å². The van der Waals surface area contributed by atoms with Gasteiger partial charge in [0, 0.05) is 31.1 Å². The molecule has 4 heteroatoms. The van der Waals surface area contributed by atoms with Crippen molar-refractivity contribution in [2.75, 3.05) is 19.6 Å². The number of hydrogen-bond donors (Lipinski definition) is 1. The Kier molecular flexibility index (Phi) is 5.54. The number of nitrogens with one attached hydrogen (secondary N) is 1. The Balaban J connectivity index is 1.74. The van der Waals surface area contributed by atoms with Crippen LogP contribution in [-0.4, -0.2) is 30.4 Å². The molecule has 2 atom stereocenters. The highest BCUT2D eigenvalue weighted by Gasteiger charge is 2.28. The maximum Gasteiger partial charge on any atom is 0.223 e. The molecule has 3 nitrogen and oxygen atoms in total. The van der Waals surface area contributed by atoms with Crippen molar-refractivity contribution in [1.29, 1.82) is 0 Å². The van der Waals surface area contributed by atoms with E-state index in [9.17, 15) is 4.79 Å². The summed E-state index contributed by atoms with van der Waals surface area (Å²) in [6.45, 7) is 4.45. The van der Waals surface area contributed by atoms with Crippen molar-refractivity contribution in [2.45, 2.75) is 25.3 Å². The van der Waals surface area contributed by atoms with Crippen molar-refractivity contribution in [2.24, 2.45) is 0 Å². The van der Waals surface area contributed by atoms with Gasteiger partial charge in [0.2, 0.25) is 5.91 Å². The standard InChI is InChI=1S/C20H23ClN2O/c1-15(16-6-3-2-4-7-16)12-20(24)23-11-10-22-14-19(23)17-8-5-9-18(21)13-17/h2-9,13,15,19,22H,10-12,14H2,1H3. The van der Waals surface area contributed by atoms with E-state index < -0.39 is 0 Å². The van der Waals surface area contributed by atoms with Crippen LogP contribution in [0.3, 0.4) is 0 Å². The number of piperazine rings is 1. The number of nitrogens with zero attached hydrogens (tertiary/aromatic N) is 1. The summed E-state index contributed by atoms with van der Waals surface area (Å²) in [5.74, 6) is 0.423. The van der Waals surface area contributed by atoms with Crippen LogP contribution in [0.5, 0.6) is 0 Å². The number of carbonyl (C=O) groups excluding carboxylic acids is 1. The van der Waals surface area contributed by atoms with E-state index in [1.54, 1.807) is 0 Å². The molecule has 1 fully saturated rings. The minimum atomic E-state index is 0.0490. The van der Waals surface area contributed by atoms with Gasteiger partial charge in [-0.15, -0.1) is 0 Å². The molecular weight excluding hydrogens is 320 g/mol. The lowest BCUT2D eigenvalue weighted by Crippen LogP contribution is -2.48. The lowest BCUT2D eigenvalue weighted by Gasteiger charge is -2.37. The molecule has 3 rings (SSSR count). The van der Waals surface area contributed by atoms with E-state index in [0.717, 1.165) is 25.2 Å². The molecule has 0 aromatic heterocycles. The van der Waals surface area contributed by atoms with Crippen LogP contribution in [0.1, 0.15) is 36.4 Å². The second-order valence-corrected chi connectivity index (χ2v) is 6.81. The zero-order valence-corrected chi connectivity index (χ0v) is 14.7. The molecule has 0 radical (unpaired) electrons. The monoisotopic (exact) mass is 342 g/mol. The average molecular weight is 343 g/mol. The van der Waals surface area contributed by atoms with Crippen molar-refractivity contribution in [3.8, 4) is 0 Å². The van der Waals surface area contributed by atoms with Crippen LogP contribution in [-0.2, 0) is 4.79 Å². The highest BCUT2D eigenvalue weighted by atomic mass is 35.5. The molecule has 126 valence electrons. The van der Waals surface area contributed by atoms with Gasteiger partial charge in [-0.2, -0.15) is 0 Å². The largest absolute Gasteiger partial charge is 0.333 e. The fraction of sp³-hybridized carbons (Fsp3) is 0.350. The normalized spacial score (nSPS) is 19.1. The molecule has 1 amide bonds. The molecule has 0 aliphatic carbocycles. The number of hydrogen-bond acceptors (Lipinski definition) is 2. The lowest BCUT2D eigenvalue weighted by atomic mass is 9.96. The third-order valence-corrected chi connectivity index (χ3v) is 4.88. The van der Waals surface area contributed by atoms with E-state index in [2.05, 4.69) is 24.4 Å². The van der Waals surface area contributed by atoms with Crippen molar-refractivity contribution in [1.82, 2.24) is 10.2 Å². The first-order chi connectivity index (χ1) is 11.6. The van der Waals surface area contributed by atoms with Gasteiger partial charge >= 0.3 is 0 Å². The molecule has 24 heavy (non-hydrogen) atoms. The zero-order chi connectivity index (χ0) is 16.9. The summed E-state index contributed by atoms with van der Waals surface area (Å²) in [5, 5.41) is 4.10. The van der Waals surface area contributed by atoms with Gasteiger partial charge in [-0.25, -0.2) is 0 Å². The van der Waals surface area contributed by atoms with E-state index >= 15 is 0 Å². The number of amides is 1. The maximum absolute atomic E-state index is 12.9. The highest BCUT2D eigenvalue weighted by Crippen LogP contribution is 2.27. The molecule has 2 unspecified atom stereocenters. The number of halogens is 1. The summed E-state index contributed by atoms with van der Waals surface area (Å²) in [6, 6.07) is 18.1. The smallest absolute Gasteiger partial charge is 0.223 e. The number of benzene rings is 2. The quantitative estimate of drug-likeness (QED) is 0.910. The van der Waals surface area contributed by atoms with Crippen LogP contribution in [0.2, 0.25) is 5.02 Å². The molecule has 2 aromatic carbocycles. The molecular formula is C20H23ClN2O. The Morgan fingerprint density at radius 1 is 1.25 bits per heavy atom. The Morgan fingerprint density at radius 2 is 2.04 bits per heavy atom. The molecule has 0 spiro atoms. The SMILES string of the molecule is CC(CC(=O)N1CCNCC1c1cccc(Cl)c1)c1ccccc1. The van der Waals surface area contributed by atoms with Gasteiger partial charge in [-0.3, -0.25) is 4.79 Å². The Morgan fingerprint density at radius 3 is 2.79 bits per heavy atom. The Bertz CT molecular complexity index is 689. The fourth-order valence-electron chi connectivity index (χ4n) is 3.29. The molecule has 1 aliphatic rings. The van der Waals surface area contributed by atoms with E-state index in [-0.39, 0.29) is 17.9 Å². The van der Waals surface area contributed by atoms with Gasteiger partial charge in [0.1, 0.15) is 0 Å². The molecule has 1 aliphatic heterocycles. The molecule has 1 saturated heterocycles. The summed E-state index contributed by atoms with van der Waals surface area (Å²) in [5.41, 5.74) is 2.30. The summed E-state index contributed by atoms with van der Waals surface area (Å²) in [7, 11) is 0. The van der Waals surface area contributed by atoms with Gasteiger partial charge in [-0.1, -0.05) is 61.0 Å². The molecule has 1 N–H and O–H groups in total. The van der Waals surface area contributed by atoms with Gasteiger partial charge in [-0.05, 0) is 29.2 Å². The lowest BCUT2D eigenvalue weighted by molar-refractivity contribution is -0.134. The van der Waals surface area contributed by atoms with Gasteiger partial charge in [0.15, 0.2) is 0 Å². The summed E-state index contributed by atoms with van der Waals surface area (Å²) in [6.07, 6.45) is 0.529. The van der Waals surface area contributed by atoms with Crippen LogP contribution in [0.25, 0.3) is 0 Å². The first kappa shape index (κ1) is 17.0. The number of carbonyl (C=O) groups is 1. The van der Waals surface area contributed by atoms with Crippen molar-refractivity contribution < 1.29 is 4.79 Å². The molecule has 2 aromatic rings. The Hall–Kier alpha value is -1.84. The minimum Gasteiger partial charge on any atom is -0.333 e. The predicted octanol–water partition coefficient (Wildman–Crippen LogP) is 4.01. The van der Waals surface area contributed by atoms with Crippen LogP contribution < -0.4 is 5.32 Å². The van der Waals surface area contributed by atoms with E-state index in [1.165, 1.54) is 5.56 Å². The van der Waals surface area contributed by atoms with Crippen LogP contribution >= 0.6 is 11.6 Å². The van der Waals surface area contributed by atoms with E-state index in [4.69, 9.17) is 11.6 Å². The summed E-state index contributed by atoms with van der Waals surface area (Å²) < 4.78 is 0. The topological polar surface area (TPSA) is 32.3 Å². The number of rotatable bonds is 4.